The van der Waals surface area contributed by atoms with Crippen LogP contribution in [0.1, 0.15) is 20.3 Å². The van der Waals surface area contributed by atoms with Crippen LogP contribution in [0.5, 0.6) is 0 Å². The highest BCUT2D eigenvalue weighted by Crippen LogP contribution is 2.23. The molecule has 1 heterocycles. The van der Waals surface area contributed by atoms with E-state index >= 15 is 0 Å². The average molecular weight is 222 g/mol. The molecule has 0 saturated carbocycles. The van der Waals surface area contributed by atoms with E-state index in [1.165, 1.54) is 5.75 Å². The van der Waals surface area contributed by atoms with Gasteiger partial charge in [-0.15, -0.1) is 11.6 Å². The first-order valence-electron chi connectivity index (χ1n) is 4.69. The van der Waals surface area contributed by atoms with E-state index in [4.69, 9.17) is 11.6 Å². The molecule has 0 spiro atoms. The zero-order chi connectivity index (χ0) is 9.84. The third-order valence-electron chi connectivity index (χ3n) is 2.31. The quantitative estimate of drug-likeness (QED) is 0.680. The van der Waals surface area contributed by atoms with Crippen LogP contribution in [0.15, 0.2) is 0 Å². The Balaban J connectivity index is 2.55. The molecule has 1 amide bonds. The van der Waals surface area contributed by atoms with E-state index < -0.39 is 0 Å². The normalized spacial score (nSPS) is 24.4. The van der Waals surface area contributed by atoms with Gasteiger partial charge in [0.25, 0.3) is 0 Å². The van der Waals surface area contributed by atoms with Crippen molar-refractivity contribution in [2.45, 2.75) is 31.7 Å². The molecule has 1 aliphatic rings. The second-order valence-corrected chi connectivity index (χ2v) is 5.06. The van der Waals surface area contributed by atoms with E-state index in [2.05, 4.69) is 0 Å². The number of thioether (sulfide) groups is 1. The van der Waals surface area contributed by atoms with Gasteiger partial charge in [0.1, 0.15) is 5.38 Å². The minimum absolute atomic E-state index is 0.0802. The van der Waals surface area contributed by atoms with Crippen LogP contribution >= 0.6 is 23.4 Å². The summed E-state index contributed by atoms with van der Waals surface area (Å²) in [6.07, 6.45) is 1.12. The molecule has 0 radical (unpaired) electrons. The summed E-state index contributed by atoms with van der Waals surface area (Å²) in [7, 11) is 0. The van der Waals surface area contributed by atoms with Gasteiger partial charge in [-0.2, -0.15) is 11.8 Å². The molecule has 0 aromatic rings. The number of carbonyl (C=O) groups excluding carboxylic acids is 1. The number of halogens is 1. The number of hydrogen-bond donors (Lipinski definition) is 0. The highest BCUT2D eigenvalue weighted by Gasteiger charge is 2.27. The van der Waals surface area contributed by atoms with Gasteiger partial charge in [-0.05, 0) is 26.0 Å². The summed E-state index contributed by atoms with van der Waals surface area (Å²) in [5, 5.41) is -0.384. The van der Waals surface area contributed by atoms with E-state index in [1.807, 2.05) is 23.6 Å². The summed E-state index contributed by atoms with van der Waals surface area (Å²) >= 11 is 7.70. The Morgan fingerprint density at radius 3 is 2.85 bits per heavy atom. The molecule has 2 atom stereocenters. The Labute approximate surface area is 89.0 Å². The number of carbonyl (C=O) groups is 1. The first-order chi connectivity index (χ1) is 6.16. The molecular weight excluding hydrogens is 206 g/mol. The van der Waals surface area contributed by atoms with Crippen molar-refractivity contribution in [1.29, 1.82) is 0 Å². The molecule has 0 aromatic heterocycles. The number of nitrogens with zero attached hydrogens (tertiary/aromatic N) is 1. The van der Waals surface area contributed by atoms with Crippen molar-refractivity contribution in [3.05, 3.63) is 0 Å². The maximum atomic E-state index is 11.6. The third-order valence-corrected chi connectivity index (χ3v) is 3.64. The molecule has 4 heteroatoms. The number of hydrogen-bond acceptors (Lipinski definition) is 2. The van der Waals surface area contributed by atoms with Crippen molar-refractivity contribution in [2.24, 2.45) is 0 Å². The van der Waals surface area contributed by atoms with Gasteiger partial charge in [0, 0.05) is 18.3 Å². The Kier molecular flexibility index (Phi) is 4.39. The zero-order valence-corrected chi connectivity index (χ0v) is 9.70. The first kappa shape index (κ1) is 11.2. The number of amides is 1. The topological polar surface area (TPSA) is 20.3 Å². The molecule has 0 unspecified atom stereocenters. The number of alkyl halides is 1. The SMILES string of the molecule is CCN(C(=O)[C@H](C)Cl)[C@@H]1CCSC1. The molecule has 2 nitrogen and oxygen atoms in total. The van der Waals surface area contributed by atoms with Crippen molar-refractivity contribution in [2.75, 3.05) is 18.1 Å². The lowest BCUT2D eigenvalue weighted by Gasteiger charge is -2.28. The predicted octanol–water partition coefficient (Wildman–Crippen LogP) is 1.97. The summed E-state index contributed by atoms with van der Waals surface area (Å²) in [5.41, 5.74) is 0. The molecular formula is C9H16ClNOS. The third kappa shape index (κ3) is 2.78. The van der Waals surface area contributed by atoms with E-state index in [1.54, 1.807) is 6.92 Å². The molecule has 0 aromatic carbocycles. The second-order valence-electron chi connectivity index (χ2n) is 3.26. The molecule has 1 saturated heterocycles. The van der Waals surface area contributed by atoms with Crippen LogP contribution < -0.4 is 0 Å². The molecule has 0 aliphatic carbocycles. The molecule has 1 rings (SSSR count). The maximum absolute atomic E-state index is 11.6. The van der Waals surface area contributed by atoms with Gasteiger partial charge >= 0.3 is 0 Å². The Morgan fingerprint density at radius 1 is 1.77 bits per heavy atom. The Morgan fingerprint density at radius 2 is 2.46 bits per heavy atom. The van der Waals surface area contributed by atoms with Crippen molar-refractivity contribution >= 4 is 29.3 Å². The summed E-state index contributed by atoms with van der Waals surface area (Å²) < 4.78 is 0. The van der Waals surface area contributed by atoms with Crippen molar-refractivity contribution in [3.63, 3.8) is 0 Å². The standard InChI is InChI=1S/C9H16ClNOS/c1-3-11(9(12)7(2)10)8-4-5-13-6-8/h7-8H,3-6H2,1-2H3/t7-,8+/m0/s1. The Hall–Kier alpha value is 0.110. The van der Waals surface area contributed by atoms with Gasteiger partial charge < -0.3 is 4.90 Å². The summed E-state index contributed by atoms with van der Waals surface area (Å²) in [5.74, 6) is 2.32. The number of rotatable bonds is 3. The summed E-state index contributed by atoms with van der Waals surface area (Å²) in [6.45, 7) is 4.54. The predicted molar refractivity (Wildman–Crippen MR) is 58.4 cm³/mol. The minimum Gasteiger partial charge on any atom is -0.338 e. The van der Waals surface area contributed by atoms with Gasteiger partial charge in [0.15, 0.2) is 0 Å². The average Bonchev–Trinajstić information content (AvgIpc) is 2.58. The highest BCUT2D eigenvalue weighted by atomic mass is 35.5. The fourth-order valence-corrected chi connectivity index (χ4v) is 2.94. The lowest BCUT2D eigenvalue weighted by atomic mass is 10.2. The van der Waals surface area contributed by atoms with Gasteiger partial charge in [0.05, 0.1) is 0 Å². The molecule has 0 bridgehead atoms. The summed E-state index contributed by atoms with van der Waals surface area (Å²) in [6, 6.07) is 0.420. The Bertz CT molecular complexity index is 180. The molecule has 13 heavy (non-hydrogen) atoms. The van der Waals surface area contributed by atoms with Crippen LogP contribution in [0.2, 0.25) is 0 Å². The lowest BCUT2D eigenvalue weighted by Crippen LogP contribution is -2.43. The van der Waals surface area contributed by atoms with Crippen molar-refractivity contribution < 1.29 is 4.79 Å². The first-order valence-corrected chi connectivity index (χ1v) is 6.28. The van der Waals surface area contributed by atoms with Crippen molar-refractivity contribution in [1.82, 2.24) is 4.90 Å². The van der Waals surface area contributed by atoms with E-state index in [-0.39, 0.29) is 11.3 Å². The fraction of sp³-hybridized carbons (Fsp3) is 0.889. The van der Waals surface area contributed by atoms with Gasteiger partial charge in [-0.25, -0.2) is 0 Å². The molecule has 1 fully saturated rings. The smallest absolute Gasteiger partial charge is 0.240 e. The van der Waals surface area contributed by atoms with Crippen LogP contribution in [0.3, 0.4) is 0 Å². The molecule has 76 valence electrons. The van der Waals surface area contributed by atoms with Crippen molar-refractivity contribution in [3.8, 4) is 0 Å². The van der Waals surface area contributed by atoms with Crippen LogP contribution in [-0.2, 0) is 4.79 Å². The van der Waals surface area contributed by atoms with E-state index in [0.717, 1.165) is 18.7 Å². The van der Waals surface area contributed by atoms with Gasteiger partial charge in [-0.1, -0.05) is 0 Å². The van der Waals surface area contributed by atoms with E-state index in [9.17, 15) is 4.79 Å². The minimum atomic E-state index is -0.384. The largest absolute Gasteiger partial charge is 0.338 e. The monoisotopic (exact) mass is 221 g/mol. The van der Waals surface area contributed by atoms with Crippen LogP contribution in [0.25, 0.3) is 0 Å². The summed E-state index contributed by atoms with van der Waals surface area (Å²) in [4.78, 5) is 13.6. The fourth-order valence-electron chi connectivity index (χ4n) is 1.59. The van der Waals surface area contributed by atoms with Crippen LogP contribution in [-0.4, -0.2) is 40.3 Å². The van der Waals surface area contributed by atoms with Crippen LogP contribution in [0.4, 0.5) is 0 Å². The second kappa shape index (κ2) is 5.11. The molecule has 0 N–H and O–H groups in total. The zero-order valence-electron chi connectivity index (χ0n) is 8.12. The van der Waals surface area contributed by atoms with Gasteiger partial charge in [-0.3, -0.25) is 4.79 Å². The lowest BCUT2D eigenvalue weighted by molar-refractivity contribution is -0.132. The van der Waals surface area contributed by atoms with E-state index in [0.29, 0.717) is 6.04 Å². The van der Waals surface area contributed by atoms with Gasteiger partial charge in [0.2, 0.25) is 5.91 Å². The van der Waals surface area contributed by atoms with Crippen LogP contribution in [0, 0.1) is 0 Å². The highest BCUT2D eigenvalue weighted by molar-refractivity contribution is 7.99. The maximum Gasteiger partial charge on any atom is 0.240 e. The molecule has 1 aliphatic heterocycles.